The molecule has 54 valence electrons. The highest BCUT2D eigenvalue weighted by atomic mass is 16.7. The molecule has 0 aromatic rings. The molecule has 0 atom stereocenters. The largest absolute Gasteiger partial charge is 0.350 e. The van der Waals surface area contributed by atoms with E-state index >= 15 is 0 Å². The highest BCUT2D eigenvalue weighted by molar-refractivity contribution is 4.74. The topological polar surface area (TPSA) is 18.5 Å². The summed E-state index contributed by atoms with van der Waals surface area (Å²) in [7, 11) is 0. The van der Waals surface area contributed by atoms with E-state index < -0.39 is 5.79 Å². The predicted octanol–water partition coefficient (Wildman–Crippen LogP) is 1.42. The van der Waals surface area contributed by atoms with Gasteiger partial charge in [0.2, 0.25) is 0 Å². The van der Waals surface area contributed by atoms with E-state index in [1.54, 1.807) is 0 Å². The second kappa shape index (κ2) is 3.85. The second-order valence-corrected chi connectivity index (χ2v) is 1.78. The Balaban J connectivity index is 3.43. The van der Waals surface area contributed by atoms with Crippen LogP contribution in [0.4, 0.5) is 0 Å². The van der Waals surface area contributed by atoms with E-state index in [2.05, 4.69) is 13.8 Å². The lowest BCUT2D eigenvalue weighted by Crippen LogP contribution is -2.28. The molecular weight excluding hydrogens is 116 g/mol. The van der Waals surface area contributed by atoms with Crippen molar-refractivity contribution in [3.8, 4) is 0 Å². The first kappa shape index (κ1) is 8.92. The maximum absolute atomic E-state index is 5.03. The monoisotopic (exact) mass is 130 g/mol. The molecule has 0 saturated heterocycles. The molecule has 0 heterocycles. The fourth-order valence-corrected chi connectivity index (χ4v) is 0.568. The van der Waals surface area contributed by atoms with Crippen molar-refractivity contribution >= 4 is 0 Å². The Bertz CT molecular complexity index is 61.3. The Morgan fingerprint density at radius 3 is 1.67 bits per heavy atom. The molecule has 2 heteroatoms. The van der Waals surface area contributed by atoms with Crippen molar-refractivity contribution in [1.29, 1.82) is 0 Å². The van der Waals surface area contributed by atoms with Crippen LogP contribution in [-0.4, -0.2) is 19.0 Å². The number of rotatable bonds is 4. The van der Waals surface area contributed by atoms with Gasteiger partial charge in [-0.25, -0.2) is 0 Å². The summed E-state index contributed by atoms with van der Waals surface area (Å²) in [6.45, 7) is 12.1. The standard InChI is InChI=1S/C7H14O2/c1-5-8-7(3,4)9-6-2/h3-6H2,1-2H3. The van der Waals surface area contributed by atoms with Crippen molar-refractivity contribution in [2.24, 2.45) is 0 Å². The summed E-state index contributed by atoms with van der Waals surface area (Å²) in [5, 5.41) is 0. The summed E-state index contributed by atoms with van der Waals surface area (Å²) in [5.74, 6) is -0.899. The molecule has 2 radical (unpaired) electrons. The van der Waals surface area contributed by atoms with Crippen LogP contribution in [0.1, 0.15) is 13.8 Å². The second-order valence-electron chi connectivity index (χ2n) is 1.78. The summed E-state index contributed by atoms with van der Waals surface area (Å²) in [6.07, 6.45) is 0. The van der Waals surface area contributed by atoms with E-state index in [0.29, 0.717) is 13.2 Å². The van der Waals surface area contributed by atoms with Gasteiger partial charge in [0.1, 0.15) is 0 Å². The van der Waals surface area contributed by atoms with Crippen LogP contribution in [0.2, 0.25) is 0 Å². The Hall–Kier alpha value is -0.0800. The van der Waals surface area contributed by atoms with E-state index in [1.165, 1.54) is 0 Å². The van der Waals surface area contributed by atoms with E-state index in [-0.39, 0.29) is 0 Å². The van der Waals surface area contributed by atoms with E-state index in [0.717, 1.165) is 0 Å². The molecule has 0 unspecified atom stereocenters. The summed E-state index contributed by atoms with van der Waals surface area (Å²) >= 11 is 0. The molecule has 0 N–H and O–H groups in total. The Morgan fingerprint density at radius 1 is 1.11 bits per heavy atom. The minimum Gasteiger partial charge on any atom is -0.350 e. The van der Waals surface area contributed by atoms with Crippen molar-refractivity contribution < 1.29 is 9.47 Å². The van der Waals surface area contributed by atoms with Crippen LogP contribution >= 0.6 is 0 Å². The Labute approximate surface area is 57.2 Å². The molecule has 9 heavy (non-hydrogen) atoms. The normalized spacial score (nSPS) is 12.0. The van der Waals surface area contributed by atoms with Gasteiger partial charge < -0.3 is 9.47 Å². The molecule has 0 aliphatic rings. The quantitative estimate of drug-likeness (QED) is 0.536. The van der Waals surface area contributed by atoms with Crippen molar-refractivity contribution in [2.75, 3.05) is 13.2 Å². The van der Waals surface area contributed by atoms with Crippen LogP contribution in [0.25, 0.3) is 0 Å². The van der Waals surface area contributed by atoms with Crippen LogP contribution in [0.3, 0.4) is 0 Å². The van der Waals surface area contributed by atoms with Gasteiger partial charge in [-0.2, -0.15) is 0 Å². The van der Waals surface area contributed by atoms with Crippen molar-refractivity contribution in [3.63, 3.8) is 0 Å². The van der Waals surface area contributed by atoms with E-state index in [4.69, 9.17) is 9.47 Å². The predicted molar refractivity (Wildman–Crippen MR) is 36.7 cm³/mol. The van der Waals surface area contributed by atoms with Gasteiger partial charge in [0.25, 0.3) is 0 Å². The third kappa shape index (κ3) is 4.43. The van der Waals surface area contributed by atoms with E-state index in [1.807, 2.05) is 13.8 Å². The average Bonchev–Trinajstić information content (AvgIpc) is 1.64. The van der Waals surface area contributed by atoms with Gasteiger partial charge in [0.15, 0.2) is 5.79 Å². The molecule has 0 amide bonds. The van der Waals surface area contributed by atoms with Crippen molar-refractivity contribution in [3.05, 3.63) is 13.8 Å². The smallest absolute Gasteiger partial charge is 0.168 e. The van der Waals surface area contributed by atoms with Gasteiger partial charge >= 0.3 is 0 Å². The fourth-order valence-electron chi connectivity index (χ4n) is 0.568. The zero-order chi connectivity index (χ0) is 7.33. The van der Waals surface area contributed by atoms with Gasteiger partial charge in [-0.1, -0.05) is 0 Å². The summed E-state index contributed by atoms with van der Waals surface area (Å²) in [6, 6.07) is 0. The molecule has 0 aromatic carbocycles. The van der Waals surface area contributed by atoms with E-state index in [9.17, 15) is 0 Å². The molecule has 0 aliphatic carbocycles. The third-order valence-corrected chi connectivity index (χ3v) is 0.815. The molecule has 0 saturated carbocycles. The van der Waals surface area contributed by atoms with Crippen LogP contribution in [0.5, 0.6) is 0 Å². The molecule has 0 rings (SSSR count). The first-order valence-electron chi connectivity index (χ1n) is 3.11. The van der Waals surface area contributed by atoms with Crippen molar-refractivity contribution in [2.45, 2.75) is 19.6 Å². The lowest BCUT2D eigenvalue weighted by atomic mass is 10.4. The third-order valence-electron chi connectivity index (χ3n) is 0.815. The zero-order valence-corrected chi connectivity index (χ0v) is 6.14. The molecule has 0 spiro atoms. The SMILES string of the molecule is [CH2]C([CH2])(OCC)OCC. The fraction of sp³-hybridized carbons (Fsp3) is 0.714. The van der Waals surface area contributed by atoms with Gasteiger partial charge in [0, 0.05) is 27.1 Å². The number of hydrogen-bond donors (Lipinski definition) is 0. The molecule has 0 aromatic heterocycles. The summed E-state index contributed by atoms with van der Waals surface area (Å²) < 4.78 is 10.1. The van der Waals surface area contributed by atoms with Crippen LogP contribution < -0.4 is 0 Å². The van der Waals surface area contributed by atoms with Gasteiger partial charge in [-0.05, 0) is 13.8 Å². The maximum Gasteiger partial charge on any atom is 0.168 e. The Kier molecular flexibility index (Phi) is 3.82. The molecule has 0 fully saturated rings. The highest BCUT2D eigenvalue weighted by Gasteiger charge is 2.16. The number of ether oxygens (including phenoxy) is 2. The van der Waals surface area contributed by atoms with Crippen LogP contribution in [0, 0.1) is 13.8 Å². The molecule has 0 aliphatic heterocycles. The van der Waals surface area contributed by atoms with Crippen molar-refractivity contribution in [1.82, 2.24) is 0 Å². The van der Waals surface area contributed by atoms with Crippen LogP contribution in [-0.2, 0) is 9.47 Å². The lowest BCUT2D eigenvalue weighted by Gasteiger charge is -2.23. The number of hydrogen-bond acceptors (Lipinski definition) is 2. The maximum atomic E-state index is 5.03. The first-order chi connectivity index (χ1) is 4.12. The van der Waals surface area contributed by atoms with Gasteiger partial charge in [0.05, 0.1) is 0 Å². The average molecular weight is 130 g/mol. The van der Waals surface area contributed by atoms with Gasteiger partial charge in [-0.15, -0.1) is 0 Å². The molecular formula is C7H14O2. The Morgan fingerprint density at radius 2 is 1.44 bits per heavy atom. The van der Waals surface area contributed by atoms with Gasteiger partial charge in [-0.3, -0.25) is 0 Å². The minimum atomic E-state index is -0.899. The summed E-state index contributed by atoms with van der Waals surface area (Å²) in [4.78, 5) is 0. The lowest BCUT2D eigenvalue weighted by molar-refractivity contribution is -0.169. The van der Waals surface area contributed by atoms with Crippen LogP contribution in [0.15, 0.2) is 0 Å². The minimum absolute atomic E-state index is 0.576. The molecule has 2 nitrogen and oxygen atoms in total. The first-order valence-corrected chi connectivity index (χ1v) is 3.11. The zero-order valence-electron chi connectivity index (χ0n) is 6.14. The summed E-state index contributed by atoms with van der Waals surface area (Å²) in [5.41, 5.74) is 0. The highest BCUT2D eigenvalue weighted by Crippen LogP contribution is 2.08. The molecule has 0 bridgehead atoms.